The first kappa shape index (κ1) is 15.1. The first-order valence-corrected chi connectivity index (χ1v) is 6.77. The highest BCUT2D eigenvalue weighted by Gasteiger charge is 2.23. The molecule has 21 heavy (non-hydrogen) atoms. The molecule has 1 aromatic carbocycles. The Morgan fingerprint density at radius 3 is 2.76 bits per heavy atom. The summed E-state index contributed by atoms with van der Waals surface area (Å²) in [7, 11) is 0. The number of hydrogen-bond donors (Lipinski definition) is 2. The number of nitrogens with one attached hydrogen (secondary N) is 2. The zero-order chi connectivity index (χ0) is 15.4. The van der Waals surface area contributed by atoms with E-state index in [1.165, 1.54) is 24.5 Å². The molecule has 7 nitrogen and oxygen atoms in total. The summed E-state index contributed by atoms with van der Waals surface area (Å²) in [6.45, 7) is 2.25. The van der Waals surface area contributed by atoms with Gasteiger partial charge in [0.05, 0.1) is 10.6 Å². The van der Waals surface area contributed by atoms with Crippen molar-refractivity contribution in [2.75, 3.05) is 17.2 Å². The summed E-state index contributed by atoms with van der Waals surface area (Å²) in [4.78, 5) is 18.2. The van der Waals surface area contributed by atoms with Gasteiger partial charge in [-0.15, -0.1) is 0 Å². The van der Waals surface area contributed by atoms with Gasteiger partial charge in [-0.2, -0.15) is 0 Å². The third-order valence-electron chi connectivity index (χ3n) is 2.53. The molecule has 0 aliphatic heterocycles. The lowest BCUT2D eigenvalue weighted by Gasteiger charge is -2.10. The number of benzene rings is 1. The van der Waals surface area contributed by atoms with Gasteiger partial charge in [-0.05, 0) is 25.1 Å². The molecule has 1 heterocycles. The van der Waals surface area contributed by atoms with Gasteiger partial charge < -0.3 is 10.6 Å². The SMILES string of the molecule is CCNc1ncnc(Nc2cc(Br)ccc2F)c1[N+](=O)[O-]. The molecule has 9 heteroatoms. The zero-order valence-electron chi connectivity index (χ0n) is 10.9. The maximum absolute atomic E-state index is 13.7. The molecule has 2 rings (SSSR count). The van der Waals surface area contributed by atoms with Crippen LogP contribution >= 0.6 is 15.9 Å². The quantitative estimate of drug-likeness (QED) is 0.630. The number of hydrogen-bond acceptors (Lipinski definition) is 6. The van der Waals surface area contributed by atoms with Crippen LogP contribution in [0.2, 0.25) is 0 Å². The van der Waals surface area contributed by atoms with Crippen LogP contribution in [0.25, 0.3) is 0 Å². The van der Waals surface area contributed by atoms with Gasteiger partial charge in [-0.25, -0.2) is 14.4 Å². The van der Waals surface area contributed by atoms with E-state index in [9.17, 15) is 14.5 Å². The fourth-order valence-electron chi connectivity index (χ4n) is 1.66. The van der Waals surface area contributed by atoms with Gasteiger partial charge in [0.15, 0.2) is 0 Å². The van der Waals surface area contributed by atoms with Crippen LogP contribution in [0.1, 0.15) is 6.92 Å². The van der Waals surface area contributed by atoms with Crippen molar-refractivity contribution < 1.29 is 9.31 Å². The Bertz CT molecular complexity index is 683. The van der Waals surface area contributed by atoms with Crippen molar-refractivity contribution in [3.05, 3.63) is 44.9 Å². The van der Waals surface area contributed by atoms with Gasteiger partial charge in [0.25, 0.3) is 0 Å². The van der Waals surface area contributed by atoms with Crippen molar-refractivity contribution in [2.45, 2.75) is 6.92 Å². The zero-order valence-corrected chi connectivity index (χ0v) is 12.5. The molecule has 0 bridgehead atoms. The molecule has 0 radical (unpaired) electrons. The minimum absolute atomic E-state index is 0.0774. The summed E-state index contributed by atoms with van der Waals surface area (Å²) in [5.74, 6) is -0.547. The Hall–Kier alpha value is -2.29. The van der Waals surface area contributed by atoms with Crippen molar-refractivity contribution in [1.82, 2.24) is 9.97 Å². The Morgan fingerprint density at radius 1 is 1.38 bits per heavy atom. The second-order valence-corrected chi connectivity index (χ2v) is 4.87. The molecule has 0 spiro atoms. The number of halogens is 2. The highest BCUT2D eigenvalue weighted by molar-refractivity contribution is 9.10. The van der Waals surface area contributed by atoms with Gasteiger partial charge in [-0.1, -0.05) is 15.9 Å². The van der Waals surface area contributed by atoms with Crippen LogP contribution in [0, 0.1) is 15.9 Å². The molecule has 110 valence electrons. The van der Waals surface area contributed by atoms with Crippen molar-refractivity contribution in [3.8, 4) is 0 Å². The van der Waals surface area contributed by atoms with E-state index in [-0.39, 0.29) is 23.0 Å². The molecule has 0 atom stereocenters. The summed E-state index contributed by atoms with van der Waals surface area (Å²) in [6.07, 6.45) is 1.17. The van der Waals surface area contributed by atoms with Gasteiger partial charge in [0.1, 0.15) is 12.1 Å². The van der Waals surface area contributed by atoms with Gasteiger partial charge in [-0.3, -0.25) is 10.1 Å². The average Bonchev–Trinajstić information content (AvgIpc) is 2.43. The van der Waals surface area contributed by atoms with E-state index in [0.717, 1.165) is 0 Å². The molecule has 0 fully saturated rings. The van der Waals surface area contributed by atoms with Crippen LogP contribution in [0.5, 0.6) is 0 Å². The number of nitro groups is 1. The smallest absolute Gasteiger partial charge is 0.353 e. The van der Waals surface area contributed by atoms with E-state index in [1.807, 2.05) is 0 Å². The Morgan fingerprint density at radius 2 is 2.10 bits per heavy atom. The number of rotatable bonds is 5. The molecule has 0 aliphatic rings. The van der Waals surface area contributed by atoms with Crippen LogP contribution in [0.4, 0.5) is 27.4 Å². The molecule has 0 aliphatic carbocycles. The summed E-state index contributed by atoms with van der Waals surface area (Å²) >= 11 is 3.21. The molecule has 0 saturated heterocycles. The summed E-state index contributed by atoms with van der Waals surface area (Å²) < 4.78 is 14.4. The molecule has 0 saturated carbocycles. The van der Waals surface area contributed by atoms with Crippen molar-refractivity contribution in [1.29, 1.82) is 0 Å². The maximum atomic E-state index is 13.7. The Labute approximate surface area is 127 Å². The van der Waals surface area contributed by atoms with Crippen LogP contribution in [-0.4, -0.2) is 21.4 Å². The number of anilines is 3. The van der Waals surface area contributed by atoms with Crippen molar-refractivity contribution in [3.63, 3.8) is 0 Å². The second-order valence-electron chi connectivity index (χ2n) is 3.96. The maximum Gasteiger partial charge on any atom is 0.353 e. The topological polar surface area (TPSA) is 93.0 Å². The Balaban J connectivity index is 2.46. The first-order chi connectivity index (χ1) is 10.0. The predicted octanol–water partition coefficient (Wildman–Crippen LogP) is 3.46. The summed E-state index contributed by atoms with van der Waals surface area (Å²) in [5.41, 5.74) is -0.257. The minimum atomic E-state index is -0.615. The van der Waals surface area contributed by atoms with E-state index in [1.54, 1.807) is 6.92 Å². The van der Waals surface area contributed by atoms with Crippen LogP contribution < -0.4 is 10.6 Å². The lowest BCUT2D eigenvalue weighted by Crippen LogP contribution is -2.08. The number of nitrogens with zero attached hydrogens (tertiary/aromatic N) is 3. The lowest BCUT2D eigenvalue weighted by atomic mass is 10.3. The minimum Gasteiger partial charge on any atom is -0.364 e. The van der Waals surface area contributed by atoms with Gasteiger partial charge >= 0.3 is 5.69 Å². The largest absolute Gasteiger partial charge is 0.364 e. The third-order valence-corrected chi connectivity index (χ3v) is 3.02. The molecule has 2 N–H and O–H groups in total. The monoisotopic (exact) mass is 355 g/mol. The van der Waals surface area contributed by atoms with Crippen molar-refractivity contribution >= 4 is 38.9 Å². The first-order valence-electron chi connectivity index (χ1n) is 5.98. The highest BCUT2D eigenvalue weighted by atomic mass is 79.9. The predicted molar refractivity (Wildman–Crippen MR) is 80.2 cm³/mol. The molecular formula is C12H11BrFN5O2. The van der Waals surface area contributed by atoms with Crippen LogP contribution in [0.15, 0.2) is 29.0 Å². The van der Waals surface area contributed by atoms with E-state index in [4.69, 9.17) is 0 Å². The van der Waals surface area contributed by atoms with E-state index in [2.05, 4.69) is 36.5 Å². The lowest BCUT2D eigenvalue weighted by molar-refractivity contribution is -0.383. The van der Waals surface area contributed by atoms with E-state index in [0.29, 0.717) is 11.0 Å². The van der Waals surface area contributed by atoms with E-state index >= 15 is 0 Å². The summed E-state index contributed by atoms with van der Waals surface area (Å²) in [6, 6.07) is 4.23. The number of aromatic nitrogens is 2. The summed E-state index contributed by atoms with van der Waals surface area (Å²) in [5, 5.41) is 16.6. The fourth-order valence-corrected chi connectivity index (χ4v) is 2.02. The normalized spacial score (nSPS) is 10.2. The van der Waals surface area contributed by atoms with Crippen LogP contribution in [-0.2, 0) is 0 Å². The molecular weight excluding hydrogens is 345 g/mol. The second kappa shape index (κ2) is 6.44. The molecule has 0 amide bonds. The standard InChI is InChI=1S/C12H11BrFN5O2/c1-2-15-11-10(19(20)21)12(17-6-16-11)18-9-5-7(13)3-4-8(9)14/h3-6H,2H2,1H3,(H2,15,16,17,18). The molecule has 1 aromatic heterocycles. The van der Waals surface area contributed by atoms with Crippen molar-refractivity contribution in [2.24, 2.45) is 0 Å². The Kier molecular flexibility index (Phi) is 4.63. The highest BCUT2D eigenvalue weighted by Crippen LogP contribution is 2.32. The van der Waals surface area contributed by atoms with Gasteiger partial charge in [0, 0.05) is 11.0 Å². The molecule has 0 unspecified atom stereocenters. The molecule has 2 aromatic rings. The van der Waals surface area contributed by atoms with Gasteiger partial charge in [0.2, 0.25) is 11.6 Å². The van der Waals surface area contributed by atoms with E-state index < -0.39 is 10.7 Å². The average molecular weight is 356 g/mol. The third kappa shape index (κ3) is 3.43. The fraction of sp³-hybridized carbons (Fsp3) is 0.167. The van der Waals surface area contributed by atoms with Crippen LogP contribution in [0.3, 0.4) is 0 Å².